The summed E-state index contributed by atoms with van der Waals surface area (Å²) in [6.07, 6.45) is 7.25. The molecule has 138 valence electrons. The van der Waals surface area contributed by atoms with Crippen molar-refractivity contribution >= 4 is 5.91 Å². The molecule has 3 heterocycles. The second-order valence-electron chi connectivity index (χ2n) is 7.62. The Morgan fingerprint density at radius 1 is 0.920 bits per heavy atom. The standard InChI is InChI=1S/C17H29N7O/c25-17(23-7-3-1-2-4-8-23)14-22-11-9-21(10-12-22)13-16-18-19-20-24(16)15-5-6-15/h15H,1-14H2. The smallest absolute Gasteiger partial charge is 0.236 e. The Balaban J connectivity index is 1.22. The second-order valence-corrected chi connectivity index (χ2v) is 7.62. The fourth-order valence-corrected chi connectivity index (χ4v) is 3.84. The summed E-state index contributed by atoms with van der Waals surface area (Å²) in [5.41, 5.74) is 0. The molecular formula is C17H29N7O. The van der Waals surface area contributed by atoms with Gasteiger partial charge in [-0.25, -0.2) is 4.68 Å². The van der Waals surface area contributed by atoms with Crippen LogP contribution in [-0.4, -0.2) is 86.6 Å². The summed E-state index contributed by atoms with van der Waals surface area (Å²) < 4.78 is 2.00. The first-order valence-electron chi connectivity index (χ1n) is 9.79. The van der Waals surface area contributed by atoms with Crippen LogP contribution >= 0.6 is 0 Å². The van der Waals surface area contributed by atoms with Gasteiger partial charge in [0.05, 0.1) is 19.1 Å². The lowest BCUT2D eigenvalue weighted by atomic mass is 10.2. The van der Waals surface area contributed by atoms with Crippen LogP contribution < -0.4 is 0 Å². The van der Waals surface area contributed by atoms with Crippen molar-refractivity contribution in [1.29, 1.82) is 0 Å². The van der Waals surface area contributed by atoms with Gasteiger partial charge in [-0.3, -0.25) is 14.6 Å². The molecule has 0 bridgehead atoms. The van der Waals surface area contributed by atoms with E-state index in [1.54, 1.807) is 0 Å². The number of piperazine rings is 1. The van der Waals surface area contributed by atoms with E-state index in [1.807, 2.05) is 4.68 Å². The van der Waals surface area contributed by atoms with Crippen molar-refractivity contribution in [3.63, 3.8) is 0 Å². The first kappa shape index (κ1) is 16.9. The van der Waals surface area contributed by atoms with Crippen molar-refractivity contribution in [2.75, 3.05) is 45.8 Å². The van der Waals surface area contributed by atoms with Gasteiger partial charge in [-0.2, -0.15) is 0 Å². The molecular weight excluding hydrogens is 318 g/mol. The van der Waals surface area contributed by atoms with Crippen molar-refractivity contribution in [3.8, 4) is 0 Å². The Hall–Kier alpha value is -1.54. The van der Waals surface area contributed by atoms with E-state index in [1.165, 1.54) is 25.7 Å². The Kier molecular flexibility index (Phi) is 5.26. The van der Waals surface area contributed by atoms with Crippen molar-refractivity contribution in [2.45, 2.75) is 51.1 Å². The van der Waals surface area contributed by atoms with Crippen LogP contribution in [0.4, 0.5) is 0 Å². The number of rotatable bonds is 5. The molecule has 1 aromatic rings. The van der Waals surface area contributed by atoms with Crippen LogP contribution in [0, 0.1) is 0 Å². The molecule has 1 amide bonds. The fraction of sp³-hybridized carbons (Fsp3) is 0.882. The first-order valence-corrected chi connectivity index (χ1v) is 9.79. The highest BCUT2D eigenvalue weighted by molar-refractivity contribution is 5.78. The van der Waals surface area contributed by atoms with E-state index in [2.05, 4.69) is 30.2 Å². The number of carbonyl (C=O) groups is 1. The average molecular weight is 347 g/mol. The molecule has 0 atom stereocenters. The van der Waals surface area contributed by atoms with Crippen LogP contribution in [0.15, 0.2) is 0 Å². The van der Waals surface area contributed by atoms with Crippen LogP contribution in [0.25, 0.3) is 0 Å². The molecule has 0 unspecified atom stereocenters. The first-order chi connectivity index (χ1) is 12.3. The van der Waals surface area contributed by atoms with Gasteiger partial charge < -0.3 is 4.90 Å². The lowest BCUT2D eigenvalue weighted by Gasteiger charge is -2.35. The van der Waals surface area contributed by atoms with E-state index < -0.39 is 0 Å². The molecule has 0 radical (unpaired) electrons. The molecule has 2 aliphatic heterocycles. The summed E-state index contributed by atoms with van der Waals surface area (Å²) in [6, 6.07) is 0.525. The Labute approximate surface area is 149 Å². The number of hydrogen-bond donors (Lipinski definition) is 0. The normalized spacial score (nSPS) is 23.6. The van der Waals surface area contributed by atoms with Crippen molar-refractivity contribution in [1.82, 2.24) is 34.9 Å². The van der Waals surface area contributed by atoms with Gasteiger partial charge in [0.2, 0.25) is 5.91 Å². The maximum absolute atomic E-state index is 12.5. The summed E-state index contributed by atoms with van der Waals surface area (Å²) in [5, 5.41) is 12.2. The van der Waals surface area contributed by atoms with Gasteiger partial charge in [-0.05, 0) is 36.1 Å². The number of tetrazole rings is 1. The monoisotopic (exact) mass is 347 g/mol. The number of hydrogen-bond acceptors (Lipinski definition) is 6. The van der Waals surface area contributed by atoms with Crippen LogP contribution in [0.1, 0.15) is 50.4 Å². The predicted molar refractivity (Wildman–Crippen MR) is 92.9 cm³/mol. The minimum absolute atomic E-state index is 0.313. The van der Waals surface area contributed by atoms with Gasteiger partial charge in [0.25, 0.3) is 0 Å². The summed E-state index contributed by atoms with van der Waals surface area (Å²) in [4.78, 5) is 19.3. The Bertz CT molecular complexity index is 569. The highest BCUT2D eigenvalue weighted by Gasteiger charge is 2.29. The summed E-state index contributed by atoms with van der Waals surface area (Å²) >= 11 is 0. The number of aromatic nitrogens is 4. The second kappa shape index (κ2) is 7.78. The third-order valence-electron chi connectivity index (χ3n) is 5.60. The van der Waals surface area contributed by atoms with Gasteiger partial charge in [-0.15, -0.1) is 5.10 Å². The van der Waals surface area contributed by atoms with Gasteiger partial charge in [-0.1, -0.05) is 12.8 Å². The topological polar surface area (TPSA) is 70.4 Å². The molecule has 1 saturated carbocycles. The molecule has 0 N–H and O–H groups in total. The van der Waals surface area contributed by atoms with Crippen molar-refractivity contribution in [3.05, 3.63) is 5.82 Å². The highest BCUT2D eigenvalue weighted by atomic mass is 16.2. The number of nitrogens with zero attached hydrogens (tertiary/aromatic N) is 7. The molecule has 1 aliphatic carbocycles. The van der Waals surface area contributed by atoms with E-state index in [0.29, 0.717) is 18.5 Å². The highest BCUT2D eigenvalue weighted by Crippen LogP contribution is 2.34. The molecule has 8 nitrogen and oxygen atoms in total. The van der Waals surface area contributed by atoms with Gasteiger partial charge in [0.15, 0.2) is 5.82 Å². The zero-order valence-electron chi connectivity index (χ0n) is 15.0. The zero-order chi connectivity index (χ0) is 17.1. The van der Waals surface area contributed by atoms with Gasteiger partial charge in [0.1, 0.15) is 0 Å². The van der Waals surface area contributed by atoms with Gasteiger partial charge in [0, 0.05) is 39.3 Å². The number of carbonyl (C=O) groups excluding carboxylic acids is 1. The maximum atomic E-state index is 12.5. The lowest BCUT2D eigenvalue weighted by molar-refractivity contribution is -0.132. The van der Waals surface area contributed by atoms with E-state index in [9.17, 15) is 4.79 Å². The average Bonchev–Trinajstić information content (AvgIpc) is 3.41. The summed E-state index contributed by atoms with van der Waals surface area (Å²) in [7, 11) is 0. The van der Waals surface area contributed by atoms with Crippen LogP contribution in [-0.2, 0) is 11.3 Å². The van der Waals surface area contributed by atoms with Crippen LogP contribution in [0.5, 0.6) is 0 Å². The third-order valence-corrected chi connectivity index (χ3v) is 5.60. The van der Waals surface area contributed by atoms with Crippen molar-refractivity contribution < 1.29 is 4.79 Å². The Morgan fingerprint density at radius 3 is 2.28 bits per heavy atom. The zero-order valence-corrected chi connectivity index (χ0v) is 15.0. The van der Waals surface area contributed by atoms with Crippen LogP contribution in [0.2, 0.25) is 0 Å². The molecule has 0 aromatic carbocycles. The third kappa shape index (κ3) is 4.36. The minimum atomic E-state index is 0.313. The fourth-order valence-electron chi connectivity index (χ4n) is 3.84. The van der Waals surface area contributed by atoms with Crippen molar-refractivity contribution in [2.24, 2.45) is 0 Å². The molecule has 25 heavy (non-hydrogen) atoms. The van der Waals surface area contributed by atoms with E-state index in [4.69, 9.17) is 0 Å². The molecule has 1 aromatic heterocycles. The molecule has 2 saturated heterocycles. The minimum Gasteiger partial charge on any atom is -0.342 e. The quantitative estimate of drug-likeness (QED) is 0.774. The largest absolute Gasteiger partial charge is 0.342 e. The summed E-state index contributed by atoms with van der Waals surface area (Å²) in [5.74, 6) is 1.30. The van der Waals surface area contributed by atoms with E-state index in [0.717, 1.165) is 64.5 Å². The van der Waals surface area contributed by atoms with Gasteiger partial charge >= 0.3 is 0 Å². The molecule has 3 aliphatic rings. The SMILES string of the molecule is O=C(CN1CCN(Cc2nnnn2C2CC2)CC1)N1CCCCCC1. The molecule has 3 fully saturated rings. The maximum Gasteiger partial charge on any atom is 0.236 e. The van der Waals surface area contributed by atoms with E-state index >= 15 is 0 Å². The molecule has 0 spiro atoms. The Morgan fingerprint density at radius 2 is 1.60 bits per heavy atom. The number of amides is 1. The molecule has 4 rings (SSSR count). The predicted octanol–water partition coefficient (Wildman–Crippen LogP) is 0.528. The molecule has 8 heteroatoms. The van der Waals surface area contributed by atoms with Crippen LogP contribution in [0.3, 0.4) is 0 Å². The van der Waals surface area contributed by atoms with E-state index in [-0.39, 0.29) is 0 Å². The number of likely N-dealkylation sites (tertiary alicyclic amines) is 1. The summed E-state index contributed by atoms with van der Waals surface area (Å²) in [6.45, 7) is 7.14. The lowest BCUT2D eigenvalue weighted by Crippen LogP contribution is -2.50.